The second kappa shape index (κ2) is 5.80. The lowest BCUT2D eigenvalue weighted by Crippen LogP contribution is -2.14. The minimum Gasteiger partial charge on any atom is -0.319 e. The first-order valence-electron chi connectivity index (χ1n) is 5.42. The number of pyridine rings is 1. The van der Waals surface area contributed by atoms with Gasteiger partial charge < -0.3 is 5.73 Å². The van der Waals surface area contributed by atoms with Crippen molar-refractivity contribution < 1.29 is 0 Å². The molecule has 0 spiro atoms. The molecule has 0 aliphatic heterocycles. The molecule has 17 heavy (non-hydrogen) atoms. The van der Waals surface area contributed by atoms with Gasteiger partial charge in [0.25, 0.3) is 0 Å². The first-order valence-corrected chi connectivity index (χ1v) is 5.42. The number of halogens is 1. The molecule has 0 saturated carbocycles. The normalized spacial score (nSPS) is 11.7. The third-order valence-corrected chi connectivity index (χ3v) is 2.77. The lowest BCUT2D eigenvalue weighted by molar-refractivity contribution is 0.820. The molecule has 0 saturated heterocycles. The molecule has 1 aromatic heterocycles. The molecule has 1 atom stereocenters. The average molecular weight is 249 g/mol. The van der Waals surface area contributed by atoms with Crippen LogP contribution in [0.1, 0.15) is 28.4 Å². The van der Waals surface area contributed by atoms with Gasteiger partial charge in [-0.15, -0.1) is 12.4 Å². The second-order valence-electron chi connectivity index (χ2n) is 4.09. The predicted molar refractivity (Wildman–Crippen MR) is 73.4 cm³/mol. The van der Waals surface area contributed by atoms with Crippen molar-refractivity contribution in [2.75, 3.05) is 0 Å². The molecule has 0 bridgehead atoms. The summed E-state index contributed by atoms with van der Waals surface area (Å²) >= 11 is 0. The standard InChI is InChI=1S/C14H16N2.ClH/c1-10-6-7-12(11(2)9-10)14(15)13-5-3-4-8-16-13;/h3-9,14H,15H2,1-2H3;1H. The van der Waals surface area contributed by atoms with E-state index in [0.29, 0.717) is 0 Å². The zero-order chi connectivity index (χ0) is 11.5. The molecular weight excluding hydrogens is 232 g/mol. The number of hydrogen-bond acceptors (Lipinski definition) is 2. The van der Waals surface area contributed by atoms with Crippen LogP contribution in [0.5, 0.6) is 0 Å². The van der Waals surface area contributed by atoms with E-state index in [1.165, 1.54) is 11.1 Å². The highest BCUT2D eigenvalue weighted by Gasteiger charge is 2.11. The molecule has 0 aliphatic rings. The molecular formula is C14H17ClN2. The SMILES string of the molecule is Cc1ccc(C(N)c2ccccn2)c(C)c1.Cl. The highest BCUT2D eigenvalue weighted by molar-refractivity contribution is 5.85. The van der Waals surface area contributed by atoms with Crippen LogP contribution in [0.15, 0.2) is 42.6 Å². The lowest BCUT2D eigenvalue weighted by atomic mass is 9.97. The maximum Gasteiger partial charge on any atom is 0.0728 e. The molecule has 0 fully saturated rings. The van der Waals surface area contributed by atoms with Gasteiger partial charge in [0.15, 0.2) is 0 Å². The third-order valence-electron chi connectivity index (χ3n) is 2.77. The Morgan fingerprint density at radius 3 is 2.47 bits per heavy atom. The quantitative estimate of drug-likeness (QED) is 0.887. The number of hydrogen-bond donors (Lipinski definition) is 1. The van der Waals surface area contributed by atoms with Crippen LogP contribution in [-0.2, 0) is 0 Å². The van der Waals surface area contributed by atoms with Gasteiger partial charge in [0.2, 0.25) is 0 Å². The van der Waals surface area contributed by atoms with E-state index in [1.807, 2.05) is 18.2 Å². The first kappa shape index (κ1) is 13.7. The van der Waals surface area contributed by atoms with Gasteiger partial charge in [-0.2, -0.15) is 0 Å². The van der Waals surface area contributed by atoms with Crippen molar-refractivity contribution in [2.24, 2.45) is 5.73 Å². The molecule has 0 amide bonds. The number of nitrogens with two attached hydrogens (primary N) is 1. The fourth-order valence-corrected chi connectivity index (χ4v) is 1.89. The Morgan fingerprint density at radius 1 is 1.12 bits per heavy atom. The fraction of sp³-hybridized carbons (Fsp3) is 0.214. The summed E-state index contributed by atoms with van der Waals surface area (Å²) in [7, 11) is 0. The van der Waals surface area contributed by atoms with Crippen LogP contribution in [-0.4, -0.2) is 4.98 Å². The van der Waals surface area contributed by atoms with Crippen LogP contribution in [0, 0.1) is 13.8 Å². The van der Waals surface area contributed by atoms with Crippen molar-refractivity contribution in [3.63, 3.8) is 0 Å². The highest BCUT2D eigenvalue weighted by atomic mass is 35.5. The maximum absolute atomic E-state index is 6.20. The van der Waals surface area contributed by atoms with Gasteiger partial charge in [-0.1, -0.05) is 29.8 Å². The summed E-state index contributed by atoms with van der Waals surface area (Å²) < 4.78 is 0. The molecule has 3 heteroatoms. The van der Waals surface area contributed by atoms with Gasteiger partial charge in [-0.05, 0) is 37.1 Å². The summed E-state index contributed by atoms with van der Waals surface area (Å²) in [5, 5.41) is 0. The van der Waals surface area contributed by atoms with Crippen LogP contribution in [0.3, 0.4) is 0 Å². The Hall–Kier alpha value is -1.38. The maximum atomic E-state index is 6.20. The molecule has 2 nitrogen and oxygen atoms in total. The summed E-state index contributed by atoms with van der Waals surface area (Å²) in [6.45, 7) is 4.17. The van der Waals surface area contributed by atoms with Crippen molar-refractivity contribution in [1.82, 2.24) is 4.98 Å². The third kappa shape index (κ3) is 3.05. The van der Waals surface area contributed by atoms with Gasteiger partial charge in [0.05, 0.1) is 11.7 Å². The van der Waals surface area contributed by atoms with E-state index in [0.717, 1.165) is 11.3 Å². The largest absolute Gasteiger partial charge is 0.319 e. The molecule has 1 aromatic carbocycles. The Morgan fingerprint density at radius 2 is 1.88 bits per heavy atom. The van der Waals surface area contributed by atoms with Gasteiger partial charge in [-0.25, -0.2) is 0 Å². The summed E-state index contributed by atoms with van der Waals surface area (Å²) in [5.74, 6) is 0. The van der Waals surface area contributed by atoms with Crippen LogP contribution in [0.2, 0.25) is 0 Å². The van der Waals surface area contributed by atoms with Gasteiger partial charge in [0, 0.05) is 6.20 Å². The second-order valence-corrected chi connectivity index (χ2v) is 4.09. The van der Waals surface area contributed by atoms with Crippen molar-refractivity contribution >= 4 is 12.4 Å². The smallest absolute Gasteiger partial charge is 0.0728 e. The van der Waals surface area contributed by atoms with E-state index in [9.17, 15) is 0 Å². The summed E-state index contributed by atoms with van der Waals surface area (Å²) in [4.78, 5) is 4.29. The molecule has 0 radical (unpaired) electrons. The summed E-state index contributed by atoms with van der Waals surface area (Å²) in [6, 6.07) is 12.0. The van der Waals surface area contributed by atoms with Crippen molar-refractivity contribution in [3.05, 3.63) is 65.0 Å². The van der Waals surface area contributed by atoms with Crippen LogP contribution in [0.4, 0.5) is 0 Å². The Balaban J connectivity index is 0.00000144. The van der Waals surface area contributed by atoms with E-state index in [1.54, 1.807) is 6.20 Å². The topological polar surface area (TPSA) is 38.9 Å². The van der Waals surface area contributed by atoms with E-state index >= 15 is 0 Å². The molecule has 2 aromatic rings. The average Bonchev–Trinajstić information content (AvgIpc) is 2.29. The molecule has 90 valence electrons. The van der Waals surface area contributed by atoms with Crippen LogP contribution in [0.25, 0.3) is 0 Å². The Labute approximate surface area is 108 Å². The Kier molecular flexibility index (Phi) is 4.67. The number of aryl methyl sites for hydroxylation is 2. The molecule has 1 unspecified atom stereocenters. The van der Waals surface area contributed by atoms with Gasteiger partial charge in [-0.3, -0.25) is 4.98 Å². The minimum absolute atomic E-state index is 0. The summed E-state index contributed by atoms with van der Waals surface area (Å²) in [6.07, 6.45) is 1.78. The molecule has 2 N–H and O–H groups in total. The highest BCUT2D eigenvalue weighted by Crippen LogP contribution is 2.21. The number of benzene rings is 1. The Bertz CT molecular complexity index is 483. The van der Waals surface area contributed by atoms with Gasteiger partial charge in [0.1, 0.15) is 0 Å². The molecule has 1 heterocycles. The van der Waals surface area contributed by atoms with E-state index in [2.05, 4.69) is 37.0 Å². The zero-order valence-corrected chi connectivity index (χ0v) is 10.9. The van der Waals surface area contributed by atoms with Crippen LogP contribution < -0.4 is 5.73 Å². The molecule has 2 rings (SSSR count). The van der Waals surface area contributed by atoms with E-state index < -0.39 is 0 Å². The van der Waals surface area contributed by atoms with E-state index in [-0.39, 0.29) is 18.4 Å². The fourth-order valence-electron chi connectivity index (χ4n) is 1.89. The van der Waals surface area contributed by atoms with E-state index in [4.69, 9.17) is 5.73 Å². The van der Waals surface area contributed by atoms with Crippen molar-refractivity contribution in [3.8, 4) is 0 Å². The number of aromatic nitrogens is 1. The zero-order valence-electron chi connectivity index (χ0n) is 10.1. The minimum atomic E-state index is -0.137. The van der Waals surface area contributed by atoms with Crippen LogP contribution >= 0.6 is 12.4 Å². The first-order chi connectivity index (χ1) is 7.68. The number of rotatable bonds is 2. The summed E-state index contributed by atoms with van der Waals surface area (Å²) in [5.41, 5.74) is 10.7. The lowest BCUT2D eigenvalue weighted by Gasteiger charge is -2.14. The molecule has 0 aliphatic carbocycles. The number of nitrogens with zero attached hydrogens (tertiary/aromatic N) is 1. The van der Waals surface area contributed by atoms with Crippen molar-refractivity contribution in [1.29, 1.82) is 0 Å². The monoisotopic (exact) mass is 248 g/mol. The van der Waals surface area contributed by atoms with Crippen molar-refractivity contribution in [2.45, 2.75) is 19.9 Å². The van der Waals surface area contributed by atoms with Gasteiger partial charge >= 0.3 is 0 Å². The predicted octanol–water partition coefficient (Wildman–Crippen LogP) is 3.17.